The van der Waals surface area contributed by atoms with Crippen LogP contribution in [-0.4, -0.2) is 46.5 Å². The number of alkyl halides is 1. The molecule has 0 radical (unpaired) electrons. The Bertz CT molecular complexity index is 524. The number of halogens is 1. The van der Waals surface area contributed by atoms with Gasteiger partial charge in [0.1, 0.15) is 11.8 Å². The number of nitrogens with one attached hydrogen (secondary N) is 1. The van der Waals surface area contributed by atoms with Crippen molar-refractivity contribution < 1.29 is 13.9 Å². The van der Waals surface area contributed by atoms with Gasteiger partial charge in [-0.05, 0) is 27.7 Å². The Balaban J connectivity index is 1.98. The van der Waals surface area contributed by atoms with E-state index in [-0.39, 0.29) is 6.54 Å². The second-order valence-corrected chi connectivity index (χ2v) is 6.47. The summed E-state index contributed by atoms with van der Waals surface area (Å²) in [6, 6.07) is -0.586. The average Bonchev–Trinajstić information content (AvgIpc) is 2.80. The van der Waals surface area contributed by atoms with Crippen molar-refractivity contribution in [3.63, 3.8) is 0 Å². The van der Waals surface area contributed by atoms with Crippen molar-refractivity contribution >= 4 is 12.0 Å². The van der Waals surface area contributed by atoms with Crippen LogP contribution in [0.3, 0.4) is 0 Å². The zero-order chi connectivity index (χ0) is 15.8. The van der Waals surface area contributed by atoms with E-state index in [9.17, 15) is 9.18 Å². The molecule has 1 aromatic rings. The molecule has 1 N–H and O–H groups in total. The van der Waals surface area contributed by atoms with Crippen molar-refractivity contribution in [3.8, 4) is 0 Å². The van der Waals surface area contributed by atoms with E-state index < -0.39 is 23.9 Å². The summed E-state index contributed by atoms with van der Waals surface area (Å²) in [5.41, 5.74) is 0.289. The first kappa shape index (κ1) is 15.6. The molecule has 1 fully saturated rings. The first-order chi connectivity index (χ1) is 9.65. The molecule has 21 heavy (non-hydrogen) atoms. The summed E-state index contributed by atoms with van der Waals surface area (Å²) in [4.78, 5) is 17.9. The minimum Gasteiger partial charge on any atom is -0.444 e. The lowest BCUT2D eigenvalue weighted by Crippen LogP contribution is -2.44. The highest BCUT2D eigenvalue weighted by atomic mass is 19.1. The summed E-state index contributed by atoms with van der Waals surface area (Å²) < 4.78 is 21.1. The monoisotopic (exact) mass is 298 g/mol. The van der Waals surface area contributed by atoms with Gasteiger partial charge in [-0.2, -0.15) is 0 Å². The van der Waals surface area contributed by atoms with Crippen molar-refractivity contribution in [2.75, 3.05) is 18.0 Å². The Morgan fingerprint density at radius 1 is 1.48 bits per heavy atom. The Hall–Kier alpha value is -1.79. The van der Waals surface area contributed by atoms with Gasteiger partial charge in [0.05, 0.1) is 18.3 Å². The molecular formula is C14H23FN4O2. The number of rotatable bonds is 2. The van der Waals surface area contributed by atoms with Gasteiger partial charge in [-0.3, -0.25) is 0 Å². The molecule has 118 valence electrons. The number of carbonyl (C=O) groups excluding carboxylic acids is 1. The lowest BCUT2D eigenvalue weighted by Gasteiger charge is -2.22. The van der Waals surface area contributed by atoms with Gasteiger partial charge in [0.25, 0.3) is 0 Å². The van der Waals surface area contributed by atoms with E-state index in [2.05, 4.69) is 10.3 Å². The van der Waals surface area contributed by atoms with Gasteiger partial charge in [0.2, 0.25) is 5.95 Å². The van der Waals surface area contributed by atoms with Crippen molar-refractivity contribution in [1.29, 1.82) is 0 Å². The predicted molar refractivity (Wildman–Crippen MR) is 78.2 cm³/mol. The molecule has 0 saturated carbocycles. The van der Waals surface area contributed by atoms with Gasteiger partial charge in [0.15, 0.2) is 0 Å². The quantitative estimate of drug-likeness (QED) is 0.904. The van der Waals surface area contributed by atoms with Gasteiger partial charge < -0.3 is 19.5 Å². The fourth-order valence-electron chi connectivity index (χ4n) is 2.42. The number of carbonyl (C=O) groups is 1. The molecule has 1 aliphatic heterocycles. The van der Waals surface area contributed by atoms with Crippen molar-refractivity contribution in [2.24, 2.45) is 7.05 Å². The third-order valence-corrected chi connectivity index (χ3v) is 3.21. The van der Waals surface area contributed by atoms with Crippen LogP contribution in [0.25, 0.3) is 0 Å². The molecule has 0 spiro atoms. The van der Waals surface area contributed by atoms with Gasteiger partial charge in [0, 0.05) is 19.8 Å². The zero-order valence-electron chi connectivity index (χ0n) is 13.2. The molecular weight excluding hydrogens is 275 g/mol. The normalized spacial score (nSPS) is 22.5. The molecule has 0 aromatic carbocycles. The maximum absolute atomic E-state index is 14.1. The standard InChI is InChI=1S/C14H23FN4O2/c1-9-6-18(5)12(16-9)19-7-10(15)11(8-19)17-13(20)21-14(2,3)4/h6,10-11H,7-8H2,1-5H3,(H,17,20)/t10-,11-/m0/s1. The largest absolute Gasteiger partial charge is 0.444 e. The van der Waals surface area contributed by atoms with E-state index in [1.165, 1.54) is 0 Å². The van der Waals surface area contributed by atoms with Crippen LogP contribution in [0.5, 0.6) is 0 Å². The summed E-state index contributed by atoms with van der Waals surface area (Å²) in [5, 5.41) is 2.60. The van der Waals surface area contributed by atoms with E-state index in [1.54, 1.807) is 20.8 Å². The highest BCUT2D eigenvalue weighted by Crippen LogP contribution is 2.21. The third kappa shape index (κ3) is 3.86. The minimum absolute atomic E-state index is 0.213. The van der Waals surface area contributed by atoms with Crippen molar-refractivity contribution in [2.45, 2.75) is 45.5 Å². The van der Waals surface area contributed by atoms with Crippen LogP contribution in [0.4, 0.5) is 15.1 Å². The SMILES string of the molecule is Cc1cn(C)c(N2C[C@H](NC(=O)OC(C)(C)C)[C@@H](F)C2)n1. The van der Waals surface area contributed by atoms with Crippen molar-refractivity contribution in [1.82, 2.24) is 14.9 Å². The number of aryl methyl sites for hydroxylation is 2. The molecule has 0 unspecified atom stereocenters. The summed E-state index contributed by atoms with van der Waals surface area (Å²) >= 11 is 0. The summed E-state index contributed by atoms with van der Waals surface area (Å²) in [7, 11) is 1.87. The number of imidazole rings is 1. The second-order valence-electron chi connectivity index (χ2n) is 6.47. The Labute approximate surface area is 124 Å². The fraction of sp³-hybridized carbons (Fsp3) is 0.714. The molecule has 2 rings (SSSR count). The van der Waals surface area contributed by atoms with E-state index in [0.29, 0.717) is 12.5 Å². The number of hydrogen-bond donors (Lipinski definition) is 1. The smallest absolute Gasteiger partial charge is 0.408 e. The van der Waals surface area contributed by atoms with Gasteiger partial charge >= 0.3 is 6.09 Å². The molecule has 2 heterocycles. The van der Waals surface area contributed by atoms with E-state index >= 15 is 0 Å². The molecule has 2 atom stereocenters. The maximum atomic E-state index is 14.1. The molecule has 1 saturated heterocycles. The Morgan fingerprint density at radius 3 is 2.67 bits per heavy atom. The van der Waals surface area contributed by atoms with E-state index in [1.807, 2.05) is 29.6 Å². The molecule has 1 aliphatic rings. The van der Waals surface area contributed by atoms with Crippen LogP contribution in [0.1, 0.15) is 26.5 Å². The number of alkyl carbamates (subject to hydrolysis) is 1. The van der Waals surface area contributed by atoms with Crippen LogP contribution < -0.4 is 10.2 Å². The fourth-order valence-corrected chi connectivity index (χ4v) is 2.42. The van der Waals surface area contributed by atoms with E-state index in [4.69, 9.17) is 4.74 Å². The topological polar surface area (TPSA) is 59.4 Å². The molecule has 0 bridgehead atoms. The van der Waals surface area contributed by atoms with Crippen LogP contribution in [0.15, 0.2) is 6.20 Å². The molecule has 1 amide bonds. The van der Waals surface area contributed by atoms with Crippen LogP contribution >= 0.6 is 0 Å². The number of amides is 1. The summed E-state index contributed by atoms with van der Waals surface area (Å²) in [6.07, 6.45) is 0.152. The highest BCUT2D eigenvalue weighted by Gasteiger charge is 2.36. The number of hydrogen-bond acceptors (Lipinski definition) is 4. The molecule has 0 aliphatic carbocycles. The van der Waals surface area contributed by atoms with Gasteiger partial charge in [-0.15, -0.1) is 0 Å². The minimum atomic E-state index is -1.14. The van der Waals surface area contributed by atoms with Crippen molar-refractivity contribution in [3.05, 3.63) is 11.9 Å². The first-order valence-electron chi connectivity index (χ1n) is 7.04. The lowest BCUT2D eigenvalue weighted by atomic mass is 10.2. The van der Waals surface area contributed by atoms with Crippen LogP contribution in [0, 0.1) is 6.92 Å². The second kappa shape index (κ2) is 5.54. The van der Waals surface area contributed by atoms with Crippen LogP contribution in [-0.2, 0) is 11.8 Å². The number of ether oxygens (including phenoxy) is 1. The lowest BCUT2D eigenvalue weighted by molar-refractivity contribution is 0.0490. The average molecular weight is 298 g/mol. The highest BCUT2D eigenvalue weighted by molar-refractivity contribution is 5.68. The molecule has 1 aromatic heterocycles. The molecule has 7 heteroatoms. The third-order valence-electron chi connectivity index (χ3n) is 3.21. The molecule has 6 nitrogen and oxygen atoms in total. The number of aromatic nitrogens is 2. The maximum Gasteiger partial charge on any atom is 0.408 e. The predicted octanol–water partition coefficient (Wildman–Crippen LogP) is 1.78. The first-order valence-corrected chi connectivity index (χ1v) is 7.04. The zero-order valence-corrected chi connectivity index (χ0v) is 13.2. The summed E-state index contributed by atoms with van der Waals surface area (Å²) in [6.45, 7) is 7.81. The van der Waals surface area contributed by atoms with E-state index in [0.717, 1.165) is 5.69 Å². The number of anilines is 1. The summed E-state index contributed by atoms with van der Waals surface area (Å²) in [5.74, 6) is 0.712. The Kier molecular flexibility index (Phi) is 4.11. The van der Waals surface area contributed by atoms with Gasteiger partial charge in [-0.1, -0.05) is 0 Å². The number of nitrogens with zero attached hydrogens (tertiary/aromatic N) is 3. The van der Waals surface area contributed by atoms with Gasteiger partial charge in [-0.25, -0.2) is 14.2 Å². The van der Waals surface area contributed by atoms with Crippen LogP contribution in [0.2, 0.25) is 0 Å². The Morgan fingerprint density at radius 2 is 2.14 bits per heavy atom.